The first-order chi connectivity index (χ1) is 26.1. The van der Waals surface area contributed by atoms with Crippen molar-refractivity contribution in [3.05, 3.63) is 40.6 Å². The first-order valence-electron chi connectivity index (χ1n) is 17.2. The van der Waals surface area contributed by atoms with Gasteiger partial charge in [0.1, 0.15) is 83.5 Å². The van der Waals surface area contributed by atoms with Crippen molar-refractivity contribution in [3.63, 3.8) is 0 Å². The molecule has 0 unspecified atom stereocenters. The zero-order valence-electron chi connectivity index (χ0n) is 29.8. The summed E-state index contributed by atoms with van der Waals surface area (Å²) in [5.41, 5.74) is -0.961. The van der Waals surface area contributed by atoms with Gasteiger partial charge in [-0.15, -0.1) is 0 Å². The molecule has 3 aliphatic heterocycles. The monoisotopic (exact) mass is 784 g/mol. The maximum atomic E-state index is 14.0. The Labute approximate surface area is 311 Å². The molecule has 0 amide bonds. The van der Waals surface area contributed by atoms with E-state index in [0.717, 1.165) is 6.07 Å². The Bertz CT molecular complexity index is 1870. The summed E-state index contributed by atoms with van der Waals surface area (Å²) in [4.78, 5) is 14.0. The third kappa shape index (κ3) is 7.79. The van der Waals surface area contributed by atoms with Crippen molar-refractivity contribution in [1.29, 1.82) is 0 Å². The van der Waals surface area contributed by atoms with Crippen LogP contribution in [0.2, 0.25) is 0 Å². The predicted octanol–water partition coefficient (Wildman–Crippen LogP) is -2.23. The van der Waals surface area contributed by atoms with E-state index in [0.29, 0.717) is 0 Å². The number of hydrogen-bond donors (Lipinski definition) is 10. The molecule has 3 fully saturated rings. The molecule has 0 radical (unpaired) electrons. The molecule has 3 saturated heterocycles. The molecule has 1 aromatic heterocycles. The second kappa shape index (κ2) is 16.3. The van der Waals surface area contributed by atoms with Crippen molar-refractivity contribution < 1.29 is 93.4 Å². The molecule has 10 N–H and O–H groups in total. The van der Waals surface area contributed by atoms with Crippen molar-refractivity contribution in [2.24, 2.45) is 0 Å². The van der Waals surface area contributed by atoms with Gasteiger partial charge in [0.2, 0.25) is 17.5 Å². The van der Waals surface area contributed by atoms with Crippen LogP contribution in [0.25, 0.3) is 22.3 Å². The van der Waals surface area contributed by atoms with Gasteiger partial charge in [0, 0.05) is 17.7 Å². The third-order valence-corrected chi connectivity index (χ3v) is 9.79. The fourth-order valence-corrected chi connectivity index (χ4v) is 6.53. The number of fused-ring (bicyclic) bond motifs is 1. The molecule has 6 rings (SSSR count). The summed E-state index contributed by atoms with van der Waals surface area (Å²) in [6, 6.07) is 6.41. The normalized spacial score (nSPS) is 36.8. The average molecular weight is 785 g/mol. The van der Waals surface area contributed by atoms with Crippen LogP contribution in [0.5, 0.6) is 28.7 Å². The zero-order valence-corrected chi connectivity index (χ0v) is 29.8. The summed E-state index contributed by atoms with van der Waals surface area (Å²) in [5, 5.41) is 106. The van der Waals surface area contributed by atoms with E-state index in [2.05, 4.69) is 0 Å². The van der Waals surface area contributed by atoms with E-state index < -0.39 is 116 Å². The van der Waals surface area contributed by atoms with Gasteiger partial charge in [-0.25, -0.2) is 0 Å². The first-order valence-corrected chi connectivity index (χ1v) is 17.2. The van der Waals surface area contributed by atoms with Crippen LogP contribution in [0.4, 0.5) is 0 Å². The lowest BCUT2D eigenvalue weighted by atomic mass is 9.97. The molecule has 15 atom stereocenters. The number of aliphatic hydroxyl groups is 8. The van der Waals surface area contributed by atoms with E-state index >= 15 is 0 Å². The number of aromatic hydroxyl groups is 2. The Kier molecular flexibility index (Phi) is 12.1. The molecule has 4 heterocycles. The van der Waals surface area contributed by atoms with E-state index in [-0.39, 0.29) is 39.5 Å². The quantitative estimate of drug-likeness (QED) is 0.104. The van der Waals surface area contributed by atoms with Crippen molar-refractivity contribution in [3.8, 4) is 40.1 Å². The van der Waals surface area contributed by atoms with Crippen molar-refractivity contribution in [2.45, 2.75) is 106 Å². The van der Waals surface area contributed by atoms with Crippen LogP contribution in [0.3, 0.4) is 0 Å². The van der Waals surface area contributed by atoms with Gasteiger partial charge in [0.25, 0.3) is 0 Å². The van der Waals surface area contributed by atoms with Crippen LogP contribution in [-0.2, 0) is 23.7 Å². The lowest BCUT2D eigenvalue weighted by molar-refractivity contribution is -0.358. The molecule has 20 heteroatoms. The minimum atomic E-state index is -1.99. The minimum absolute atomic E-state index is 0.0145. The number of phenols is 2. The summed E-state index contributed by atoms with van der Waals surface area (Å²) in [5.74, 6) is -1.57. The topological polar surface area (TPSA) is 306 Å². The summed E-state index contributed by atoms with van der Waals surface area (Å²) in [7, 11) is 2.62. The number of aliphatic hydroxyl groups excluding tert-OH is 8. The number of methoxy groups -OCH3 is 2. The molecule has 0 bridgehead atoms. The van der Waals surface area contributed by atoms with E-state index in [1.807, 2.05) is 0 Å². The number of rotatable bonds is 10. The van der Waals surface area contributed by atoms with E-state index in [1.54, 1.807) is 0 Å². The average Bonchev–Trinajstić information content (AvgIpc) is 3.16. The highest BCUT2D eigenvalue weighted by atomic mass is 16.7. The summed E-state index contributed by atoms with van der Waals surface area (Å²) >= 11 is 0. The summed E-state index contributed by atoms with van der Waals surface area (Å²) in [6.45, 7) is 2.17. The molecule has 2 aromatic carbocycles. The van der Waals surface area contributed by atoms with Gasteiger partial charge in [-0.05, 0) is 32.0 Å². The predicted molar refractivity (Wildman–Crippen MR) is 181 cm³/mol. The number of ether oxygens (including phenoxy) is 8. The van der Waals surface area contributed by atoms with Gasteiger partial charge < -0.3 is 93.4 Å². The molecular weight excluding hydrogens is 740 g/mol. The number of phenolic OH excluding ortho intramolecular Hbond substituents is 2. The largest absolute Gasteiger partial charge is 0.507 e. The zero-order chi connectivity index (χ0) is 40.0. The lowest BCUT2D eigenvalue weighted by Gasteiger charge is -2.46. The first kappa shape index (κ1) is 40.8. The van der Waals surface area contributed by atoms with Crippen LogP contribution in [0.1, 0.15) is 13.8 Å². The van der Waals surface area contributed by atoms with Crippen molar-refractivity contribution >= 4 is 11.0 Å². The van der Waals surface area contributed by atoms with Gasteiger partial charge in [-0.2, -0.15) is 0 Å². The van der Waals surface area contributed by atoms with Crippen LogP contribution < -0.4 is 19.6 Å². The molecule has 55 heavy (non-hydrogen) atoms. The van der Waals surface area contributed by atoms with Crippen LogP contribution >= 0.6 is 0 Å². The van der Waals surface area contributed by atoms with Crippen LogP contribution in [0, 0.1) is 0 Å². The Morgan fingerprint density at radius 1 is 0.673 bits per heavy atom. The van der Waals surface area contributed by atoms with Crippen LogP contribution in [0.15, 0.2) is 39.5 Å². The fourth-order valence-electron chi connectivity index (χ4n) is 6.53. The molecule has 304 valence electrons. The highest BCUT2D eigenvalue weighted by molar-refractivity contribution is 5.88. The number of benzene rings is 2. The van der Waals surface area contributed by atoms with Gasteiger partial charge >= 0.3 is 0 Å². The second-order valence-electron chi connectivity index (χ2n) is 13.4. The molecule has 3 aromatic rings. The minimum Gasteiger partial charge on any atom is -0.507 e. The van der Waals surface area contributed by atoms with Gasteiger partial charge in [0.15, 0.2) is 29.8 Å². The van der Waals surface area contributed by atoms with E-state index in [1.165, 1.54) is 52.3 Å². The Hall–Kier alpha value is -3.87. The summed E-state index contributed by atoms with van der Waals surface area (Å²) < 4.78 is 50.4. The van der Waals surface area contributed by atoms with Crippen LogP contribution in [-0.4, -0.2) is 164 Å². The number of hydrogen-bond acceptors (Lipinski definition) is 20. The maximum absolute atomic E-state index is 14.0. The Balaban J connectivity index is 1.25. The standard InChI is InChI=1S/C35H44O20/c1-11-21(38)25(42)27(44)34(51-11)54-31-22(39)12(2)50-33(29(31)46)49-10-19-23(40)26(43)28(45)35(53-19)55-32-24(41)20-16(37)8-14(47-3)9-18(20)52-30(32)13-5-6-15(36)17(7-13)48-4/h5-9,11-12,19,21-23,25-29,31,33-40,42-46H,10H2,1-4H3/t11-,12-,19+,21-,22-,23-,25+,26-,27+,28+,29+,31+,33+,34-,35-/m1/s1. The van der Waals surface area contributed by atoms with Crippen molar-refractivity contribution in [2.75, 3.05) is 20.8 Å². The summed E-state index contributed by atoms with van der Waals surface area (Å²) in [6.07, 6.45) is -24.2. The third-order valence-electron chi connectivity index (χ3n) is 9.79. The van der Waals surface area contributed by atoms with Gasteiger partial charge in [-0.1, -0.05) is 0 Å². The Morgan fingerprint density at radius 2 is 1.33 bits per heavy atom. The van der Waals surface area contributed by atoms with E-state index in [4.69, 9.17) is 42.3 Å². The second-order valence-corrected chi connectivity index (χ2v) is 13.4. The molecule has 3 aliphatic rings. The fraction of sp³-hybridized carbons (Fsp3) is 0.571. The van der Waals surface area contributed by atoms with Crippen molar-refractivity contribution in [1.82, 2.24) is 0 Å². The SMILES string of the molecule is COc1cc(O)c2c(=O)c(O[C@H]3O[C@@H](CO[C@H]4O[C@H](C)[C@@H](O)[C@H](O[C@H]5O[C@H](C)[C@@H](O)[C@H](O)[C@@H]5O)[C@@H]4O)[C@@H](O)[C@@H](O)[C@@H]3O)c(-c3ccc(O)c(OC)c3)oc2c1. The molecular formula is C35H44O20. The smallest absolute Gasteiger partial charge is 0.239 e. The maximum Gasteiger partial charge on any atom is 0.239 e. The molecule has 0 spiro atoms. The lowest BCUT2D eigenvalue weighted by Crippen LogP contribution is -2.64. The van der Waals surface area contributed by atoms with Gasteiger partial charge in [0.05, 0.1) is 33.0 Å². The van der Waals surface area contributed by atoms with Gasteiger partial charge in [-0.3, -0.25) is 4.79 Å². The highest BCUT2D eigenvalue weighted by Gasteiger charge is 2.51. The molecule has 0 aliphatic carbocycles. The Morgan fingerprint density at radius 3 is 2.02 bits per heavy atom. The molecule has 0 saturated carbocycles. The molecule has 20 nitrogen and oxygen atoms in total. The highest BCUT2D eigenvalue weighted by Crippen LogP contribution is 2.40. The van der Waals surface area contributed by atoms with E-state index in [9.17, 15) is 55.9 Å².